The zero-order chi connectivity index (χ0) is 16.6. The molecular weight excluding hydrogens is 294 g/mol. The highest BCUT2D eigenvalue weighted by Crippen LogP contribution is 2.40. The van der Waals surface area contributed by atoms with Crippen molar-refractivity contribution in [1.82, 2.24) is 15.6 Å². The summed E-state index contributed by atoms with van der Waals surface area (Å²) in [6, 6.07) is 5.01. The lowest BCUT2D eigenvalue weighted by atomic mass is 9.69. The fraction of sp³-hybridized carbons (Fsp3) is 0.762. The van der Waals surface area contributed by atoms with Crippen LogP contribution in [0.15, 0.2) is 18.3 Å². The first-order chi connectivity index (χ1) is 11.8. The molecule has 2 N–H and O–H groups in total. The van der Waals surface area contributed by atoms with E-state index in [-0.39, 0.29) is 0 Å². The molecule has 3 heteroatoms. The van der Waals surface area contributed by atoms with Gasteiger partial charge in [-0.05, 0) is 81.6 Å². The van der Waals surface area contributed by atoms with Gasteiger partial charge in [-0.15, -0.1) is 0 Å². The van der Waals surface area contributed by atoms with Crippen molar-refractivity contribution in [3.05, 3.63) is 29.6 Å². The van der Waals surface area contributed by atoms with Gasteiger partial charge < -0.3 is 10.6 Å². The third-order valence-corrected chi connectivity index (χ3v) is 6.03. The summed E-state index contributed by atoms with van der Waals surface area (Å²) in [4.78, 5) is 4.39. The first-order valence-corrected chi connectivity index (χ1v) is 10.2. The maximum Gasteiger partial charge on any atom is 0.0544 e. The summed E-state index contributed by atoms with van der Waals surface area (Å²) in [5.41, 5.74) is 2.44. The van der Waals surface area contributed by atoms with Crippen molar-refractivity contribution in [1.29, 1.82) is 0 Å². The molecule has 0 aliphatic heterocycles. The Labute approximate surface area is 148 Å². The predicted molar refractivity (Wildman–Crippen MR) is 101 cm³/mol. The average Bonchev–Trinajstić information content (AvgIpc) is 2.61. The third-order valence-electron chi connectivity index (χ3n) is 6.03. The molecule has 2 aliphatic rings. The Kier molecular flexibility index (Phi) is 7.10. The standard InChI is InChI=1S/C21H35N3/c1-17-10-13-24-21(14-17)16-22-11-4-5-12-23-20-9-8-18-6-2-3-7-19(18)15-20/h10,13-14,18-20,22-23H,2-9,11-12,15-16H2,1H3. The van der Waals surface area contributed by atoms with Gasteiger partial charge in [0.2, 0.25) is 0 Å². The molecule has 3 unspecified atom stereocenters. The maximum atomic E-state index is 4.39. The fourth-order valence-electron chi connectivity index (χ4n) is 4.65. The van der Waals surface area contributed by atoms with Crippen LogP contribution in [0.1, 0.15) is 69.0 Å². The number of nitrogens with zero attached hydrogens (tertiary/aromatic N) is 1. The molecule has 3 rings (SSSR count). The van der Waals surface area contributed by atoms with E-state index < -0.39 is 0 Å². The molecule has 1 aromatic rings. The van der Waals surface area contributed by atoms with Crippen molar-refractivity contribution in [3.8, 4) is 0 Å². The molecule has 24 heavy (non-hydrogen) atoms. The molecule has 0 aromatic carbocycles. The topological polar surface area (TPSA) is 37.0 Å². The highest BCUT2D eigenvalue weighted by atomic mass is 14.9. The Morgan fingerprint density at radius 3 is 2.75 bits per heavy atom. The van der Waals surface area contributed by atoms with Crippen LogP contribution in [0.4, 0.5) is 0 Å². The van der Waals surface area contributed by atoms with Crippen LogP contribution in [0.5, 0.6) is 0 Å². The minimum absolute atomic E-state index is 0.800. The molecule has 0 amide bonds. The smallest absolute Gasteiger partial charge is 0.0544 e. The Balaban J connectivity index is 1.21. The third kappa shape index (κ3) is 5.56. The molecule has 2 fully saturated rings. The van der Waals surface area contributed by atoms with Crippen LogP contribution >= 0.6 is 0 Å². The lowest BCUT2D eigenvalue weighted by molar-refractivity contribution is 0.144. The van der Waals surface area contributed by atoms with Crippen LogP contribution < -0.4 is 10.6 Å². The number of aryl methyl sites for hydroxylation is 1. The molecule has 2 aliphatic carbocycles. The van der Waals surface area contributed by atoms with Crippen molar-refractivity contribution >= 4 is 0 Å². The summed E-state index contributed by atoms with van der Waals surface area (Å²) >= 11 is 0. The van der Waals surface area contributed by atoms with Crippen LogP contribution in [0, 0.1) is 18.8 Å². The average molecular weight is 330 g/mol. The minimum atomic E-state index is 0.800. The van der Waals surface area contributed by atoms with Gasteiger partial charge in [0, 0.05) is 18.8 Å². The molecule has 3 atom stereocenters. The van der Waals surface area contributed by atoms with E-state index >= 15 is 0 Å². The Bertz CT molecular complexity index is 488. The highest BCUT2D eigenvalue weighted by molar-refractivity contribution is 5.14. The molecule has 0 radical (unpaired) electrons. The van der Waals surface area contributed by atoms with Gasteiger partial charge in [-0.25, -0.2) is 0 Å². The van der Waals surface area contributed by atoms with E-state index in [1.807, 2.05) is 6.20 Å². The van der Waals surface area contributed by atoms with Crippen molar-refractivity contribution < 1.29 is 0 Å². The first-order valence-electron chi connectivity index (χ1n) is 10.2. The summed E-state index contributed by atoms with van der Waals surface area (Å²) in [6.07, 6.45) is 14.7. The second-order valence-electron chi connectivity index (χ2n) is 7.98. The van der Waals surface area contributed by atoms with E-state index in [1.54, 1.807) is 0 Å². The van der Waals surface area contributed by atoms with E-state index in [0.717, 1.165) is 36.7 Å². The maximum absolute atomic E-state index is 4.39. The molecule has 0 saturated heterocycles. The number of hydrogen-bond donors (Lipinski definition) is 2. The highest BCUT2D eigenvalue weighted by Gasteiger charge is 2.31. The predicted octanol–water partition coefficient (Wildman–Crippen LogP) is 4.21. The Hall–Kier alpha value is -0.930. The lowest BCUT2D eigenvalue weighted by Gasteiger charge is -2.39. The summed E-state index contributed by atoms with van der Waals surface area (Å²) < 4.78 is 0. The number of unbranched alkanes of at least 4 members (excludes halogenated alkanes) is 1. The van der Waals surface area contributed by atoms with Gasteiger partial charge in [0.05, 0.1) is 5.69 Å². The molecule has 0 bridgehead atoms. The number of nitrogens with one attached hydrogen (secondary N) is 2. The van der Waals surface area contributed by atoms with E-state index in [0.29, 0.717) is 0 Å². The summed E-state index contributed by atoms with van der Waals surface area (Å²) in [7, 11) is 0. The second-order valence-corrected chi connectivity index (χ2v) is 7.98. The van der Waals surface area contributed by atoms with Crippen molar-refractivity contribution in [2.45, 2.75) is 77.3 Å². The number of fused-ring (bicyclic) bond motifs is 1. The monoisotopic (exact) mass is 329 g/mol. The van der Waals surface area contributed by atoms with Crippen molar-refractivity contribution in [2.75, 3.05) is 13.1 Å². The zero-order valence-electron chi connectivity index (χ0n) is 15.4. The van der Waals surface area contributed by atoms with E-state index in [1.165, 1.54) is 69.9 Å². The molecule has 0 spiro atoms. The fourth-order valence-corrected chi connectivity index (χ4v) is 4.65. The quantitative estimate of drug-likeness (QED) is 0.702. The van der Waals surface area contributed by atoms with Crippen LogP contribution in [0.3, 0.4) is 0 Å². The van der Waals surface area contributed by atoms with Crippen LogP contribution in [0.25, 0.3) is 0 Å². The number of pyridine rings is 1. The molecule has 2 saturated carbocycles. The van der Waals surface area contributed by atoms with E-state index in [2.05, 4.69) is 34.7 Å². The molecule has 1 aromatic heterocycles. The van der Waals surface area contributed by atoms with Gasteiger partial charge in [-0.1, -0.05) is 25.7 Å². The van der Waals surface area contributed by atoms with Crippen LogP contribution in [-0.4, -0.2) is 24.1 Å². The molecular formula is C21H35N3. The van der Waals surface area contributed by atoms with E-state index in [9.17, 15) is 0 Å². The SMILES string of the molecule is Cc1ccnc(CNCCCCNC2CCC3CCCCC3C2)c1. The molecule has 134 valence electrons. The van der Waals surface area contributed by atoms with Gasteiger partial charge in [0.15, 0.2) is 0 Å². The lowest BCUT2D eigenvalue weighted by Crippen LogP contribution is -2.39. The minimum Gasteiger partial charge on any atom is -0.314 e. The number of rotatable bonds is 8. The molecule has 1 heterocycles. The van der Waals surface area contributed by atoms with Gasteiger partial charge in [-0.3, -0.25) is 4.98 Å². The van der Waals surface area contributed by atoms with Crippen LogP contribution in [-0.2, 0) is 6.54 Å². The molecule has 3 nitrogen and oxygen atoms in total. The first kappa shape index (κ1) is 17.9. The van der Waals surface area contributed by atoms with Crippen molar-refractivity contribution in [3.63, 3.8) is 0 Å². The van der Waals surface area contributed by atoms with Crippen molar-refractivity contribution in [2.24, 2.45) is 11.8 Å². The van der Waals surface area contributed by atoms with Gasteiger partial charge >= 0.3 is 0 Å². The van der Waals surface area contributed by atoms with Gasteiger partial charge in [0.1, 0.15) is 0 Å². The van der Waals surface area contributed by atoms with Gasteiger partial charge in [0.25, 0.3) is 0 Å². The summed E-state index contributed by atoms with van der Waals surface area (Å²) in [6.45, 7) is 5.29. The Morgan fingerprint density at radius 1 is 1.04 bits per heavy atom. The zero-order valence-corrected chi connectivity index (χ0v) is 15.4. The summed E-state index contributed by atoms with van der Waals surface area (Å²) in [5, 5.41) is 7.34. The van der Waals surface area contributed by atoms with E-state index in [4.69, 9.17) is 0 Å². The normalized spacial score (nSPS) is 27.0. The second kappa shape index (κ2) is 9.53. The largest absolute Gasteiger partial charge is 0.314 e. The van der Waals surface area contributed by atoms with Crippen LogP contribution in [0.2, 0.25) is 0 Å². The summed E-state index contributed by atoms with van der Waals surface area (Å²) in [5.74, 6) is 2.10. The Morgan fingerprint density at radius 2 is 1.88 bits per heavy atom. The number of hydrogen-bond acceptors (Lipinski definition) is 3. The van der Waals surface area contributed by atoms with Gasteiger partial charge in [-0.2, -0.15) is 0 Å². The number of aromatic nitrogens is 1.